The molecule has 0 bridgehead atoms. The Labute approximate surface area is 90.6 Å². The Balaban J connectivity index is 1.99. The maximum absolute atomic E-state index is 9.16. The van der Waals surface area contributed by atoms with Crippen molar-refractivity contribution in [3.05, 3.63) is 42.0 Å². The third-order valence-electron chi connectivity index (χ3n) is 2.96. The minimum atomic E-state index is 0.275. The molecule has 1 fully saturated rings. The minimum Gasteiger partial charge on any atom is -0.396 e. The van der Waals surface area contributed by atoms with E-state index in [0.717, 1.165) is 13.1 Å². The summed E-state index contributed by atoms with van der Waals surface area (Å²) in [4.78, 5) is 0. The predicted octanol–water partition coefficient (Wildman–Crippen LogP) is 1.53. The minimum absolute atomic E-state index is 0.275. The van der Waals surface area contributed by atoms with Crippen molar-refractivity contribution in [2.24, 2.45) is 11.8 Å². The fourth-order valence-electron chi connectivity index (χ4n) is 1.98. The van der Waals surface area contributed by atoms with Crippen LogP contribution in [0.15, 0.2) is 36.4 Å². The van der Waals surface area contributed by atoms with Crippen molar-refractivity contribution in [2.45, 2.75) is 0 Å². The molecular weight excluding hydrogens is 186 g/mol. The lowest BCUT2D eigenvalue weighted by molar-refractivity contribution is 0.220. The van der Waals surface area contributed by atoms with Crippen molar-refractivity contribution in [3.63, 3.8) is 0 Å². The summed E-state index contributed by atoms with van der Waals surface area (Å²) in [5.74, 6) is 0.847. The highest BCUT2D eigenvalue weighted by Crippen LogP contribution is 2.18. The number of aliphatic hydroxyl groups excluding tert-OH is 1. The number of hydrogen-bond acceptors (Lipinski definition) is 2. The Kier molecular flexibility index (Phi) is 3.54. The normalized spacial score (nSPS) is 26.2. The van der Waals surface area contributed by atoms with Gasteiger partial charge in [-0.2, -0.15) is 0 Å². The Bertz CT molecular complexity index is 321. The molecule has 2 N–H and O–H groups in total. The third kappa shape index (κ3) is 2.67. The molecule has 2 nitrogen and oxygen atoms in total. The topological polar surface area (TPSA) is 32.3 Å². The van der Waals surface area contributed by atoms with Gasteiger partial charge in [0.2, 0.25) is 0 Å². The first kappa shape index (κ1) is 10.4. The van der Waals surface area contributed by atoms with Gasteiger partial charge in [-0.3, -0.25) is 0 Å². The van der Waals surface area contributed by atoms with Crippen LogP contribution < -0.4 is 5.32 Å². The standard InChI is InChI=1S/C13H17NO/c15-10-13-9-14-8-12(13)7-6-11-4-2-1-3-5-11/h1-7,12-15H,8-10H2/t12-,13+/m1/s1. The van der Waals surface area contributed by atoms with Gasteiger partial charge in [0.15, 0.2) is 0 Å². The van der Waals surface area contributed by atoms with Crippen LogP contribution in [0, 0.1) is 11.8 Å². The molecule has 1 saturated heterocycles. The van der Waals surface area contributed by atoms with E-state index in [2.05, 4.69) is 29.6 Å². The van der Waals surface area contributed by atoms with E-state index in [9.17, 15) is 0 Å². The molecule has 80 valence electrons. The van der Waals surface area contributed by atoms with Gasteiger partial charge in [0, 0.05) is 25.6 Å². The molecule has 2 rings (SSSR count). The summed E-state index contributed by atoms with van der Waals surface area (Å²) in [5.41, 5.74) is 1.22. The van der Waals surface area contributed by atoms with E-state index in [0.29, 0.717) is 11.8 Å². The van der Waals surface area contributed by atoms with Crippen molar-refractivity contribution < 1.29 is 5.11 Å². The fraction of sp³-hybridized carbons (Fsp3) is 0.385. The van der Waals surface area contributed by atoms with Crippen molar-refractivity contribution in [2.75, 3.05) is 19.7 Å². The maximum atomic E-state index is 9.16. The highest BCUT2D eigenvalue weighted by Gasteiger charge is 2.23. The molecule has 2 heteroatoms. The molecule has 1 aromatic rings. The summed E-state index contributed by atoms with van der Waals surface area (Å²) in [6, 6.07) is 10.3. The molecule has 1 aliphatic heterocycles. The van der Waals surface area contributed by atoms with Gasteiger partial charge < -0.3 is 10.4 Å². The quantitative estimate of drug-likeness (QED) is 0.780. The van der Waals surface area contributed by atoms with Crippen LogP contribution in [-0.2, 0) is 0 Å². The van der Waals surface area contributed by atoms with E-state index >= 15 is 0 Å². The zero-order valence-electron chi connectivity index (χ0n) is 8.76. The van der Waals surface area contributed by atoms with Crippen LogP contribution in [0.25, 0.3) is 6.08 Å². The Morgan fingerprint density at radius 3 is 2.80 bits per heavy atom. The molecule has 0 aliphatic carbocycles. The number of nitrogens with one attached hydrogen (secondary N) is 1. The molecule has 1 aromatic carbocycles. The average Bonchev–Trinajstić information content (AvgIpc) is 2.75. The lowest BCUT2D eigenvalue weighted by Gasteiger charge is -2.10. The molecule has 0 aromatic heterocycles. The maximum Gasteiger partial charge on any atom is 0.0477 e. The third-order valence-corrected chi connectivity index (χ3v) is 2.96. The molecule has 0 spiro atoms. The largest absolute Gasteiger partial charge is 0.396 e. The molecule has 1 aliphatic rings. The van der Waals surface area contributed by atoms with E-state index in [1.54, 1.807) is 0 Å². The van der Waals surface area contributed by atoms with Gasteiger partial charge in [-0.05, 0) is 11.5 Å². The second-order valence-electron chi connectivity index (χ2n) is 4.03. The molecule has 0 amide bonds. The Morgan fingerprint density at radius 2 is 2.07 bits per heavy atom. The number of hydrogen-bond donors (Lipinski definition) is 2. The first-order valence-electron chi connectivity index (χ1n) is 5.45. The predicted molar refractivity (Wildman–Crippen MR) is 62.4 cm³/mol. The van der Waals surface area contributed by atoms with E-state index < -0.39 is 0 Å². The van der Waals surface area contributed by atoms with Crippen molar-refractivity contribution >= 4 is 6.08 Å². The first-order valence-corrected chi connectivity index (χ1v) is 5.45. The van der Waals surface area contributed by atoms with Gasteiger partial charge in [-0.15, -0.1) is 0 Å². The second kappa shape index (κ2) is 5.10. The van der Waals surface area contributed by atoms with Crippen LogP contribution in [0.1, 0.15) is 5.56 Å². The Hall–Kier alpha value is -1.12. The molecule has 15 heavy (non-hydrogen) atoms. The highest BCUT2D eigenvalue weighted by molar-refractivity contribution is 5.49. The molecule has 0 saturated carbocycles. The SMILES string of the molecule is OC[C@@H]1CNC[C@H]1C=Cc1ccccc1. The van der Waals surface area contributed by atoms with Gasteiger partial charge in [-0.1, -0.05) is 42.5 Å². The van der Waals surface area contributed by atoms with Crippen LogP contribution >= 0.6 is 0 Å². The summed E-state index contributed by atoms with van der Waals surface area (Å²) in [6.07, 6.45) is 4.34. The number of benzene rings is 1. The van der Waals surface area contributed by atoms with E-state index in [-0.39, 0.29) is 6.61 Å². The summed E-state index contributed by atoms with van der Waals surface area (Å²) in [6.45, 7) is 2.19. The summed E-state index contributed by atoms with van der Waals surface area (Å²) in [5, 5.41) is 12.5. The van der Waals surface area contributed by atoms with Crippen LogP contribution in [-0.4, -0.2) is 24.8 Å². The summed E-state index contributed by atoms with van der Waals surface area (Å²) < 4.78 is 0. The van der Waals surface area contributed by atoms with Crippen LogP contribution in [0.4, 0.5) is 0 Å². The van der Waals surface area contributed by atoms with Crippen LogP contribution in [0.3, 0.4) is 0 Å². The first-order chi connectivity index (χ1) is 7.40. The zero-order valence-corrected chi connectivity index (χ0v) is 8.76. The molecular formula is C13H17NO. The van der Waals surface area contributed by atoms with E-state index in [1.807, 2.05) is 18.2 Å². The van der Waals surface area contributed by atoms with Crippen LogP contribution in [0.5, 0.6) is 0 Å². The zero-order chi connectivity index (χ0) is 10.5. The number of aliphatic hydroxyl groups is 1. The van der Waals surface area contributed by atoms with Crippen LogP contribution in [0.2, 0.25) is 0 Å². The number of rotatable bonds is 3. The van der Waals surface area contributed by atoms with E-state index in [1.165, 1.54) is 5.56 Å². The molecule has 1 heterocycles. The average molecular weight is 203 g/mol. The lowest BCUT2D eigenvalue weighted by Crippen LogP contribution is -2.14. The van der Waals surface area contributed by atoms with Gasteiger partial charge in [-0.25, -0.2) is 0 Å². The lowest BCUT2D eigenvalue weighted by atomic mass is 9.96. The van der Waals surface area contributed by atoms with Gasteiger partial charge in [0.1, 0.15) is 0 Å². The van der Waals surface area contributed by atoms with Crippen molar-refractivity contribution in [1.29, 1.82) is 0 Å². The van der Waals surface area contributed by atoms with Gasteiger partial charge in [0.05, 0.1) is 0 Å². The molecule has 0 radical (unpaired) electrons. The second-order valence-corrected chi connectivity index (χ2v) is 4.03. The fourth-order valence-corrected chi connectivity index (χ4v) is 1.98. The Morgan fingerprint density at radius 1 is 1.27 bits per heavy atom. The molecule has 2 atom stereocenters. The van der Waals surface area contributed by atoms with Crippen molar-refractivity contribution in [1.82, 2.24) is 5.32 Å². The summed E-state index contributed by atoms with van der Waals surface area (Å²) in [7, 11) is 0. The molecule has 0 unspecified atom stereocenters. The highest BCUT2D eigenvalue weighted by atomic mass is 16.3. The summed E-state index contributed by atoms with van der Waals surface area (Å²) >= 11 is 0. The van der Waals surface area contributed by atoms with Gasteiger partial charge in [0.25, 0.3) is 0 Å². The monoisotopic (exact) mass is 203 g/mol. The smallest absolute Gasteiger partial charge is 0.0477 e. The van der Waals surface area contributed by atoms with Gasteiger partial charge >= 0.3 is 0 Å². The van der Waals surface area contributed by atoms with E-state index in [4.69, 9.17) is 5.11 Å². The van der Waals surface area contributed by atoms with Crippen molar-refractivity contribution in [3.8, 4) is 0 Å².